The van der Waals surface area contributed by atoms with E-state index in [1.165, 1.54) is 6.33 Å². The summed E-state index contributed by atoms with van der Waals surface area (Å²) in [5.74, 6) is 1.18. The highest BCUT2D eigenvalue weighted by atomic mass is 16.6. The molecule has 8 heteroatoms. The topological polar surface area (TPSA) is 106 Å². The number of ether oxygens (including phenoxy) is 1. The lowest BCUT2D eigenvalue weighted by molar-refractivity contribution is 0.0500. The van der Waals surface area contributed by atoms with Crippen LogP contribution >= 0.6 is 0 Å². The van der Waals surface area contributed by atoms with Gasteiger partial charge in [0.05, 0.1) is 5.52 Å². The van der Waals surface area contributed by atoms with Gasteiger partial charge >= 0.3 is 6.09 Å². The summed E-state index contributed by atoms with van der Waals surface area (Å²) in [5.41, 5.74) is 6.72. The molecular weight excluding hydrogens is 320 g/mol. The fourth-order valence-corrected chi connectivity index (χ4v) is 2.90. The molecule has 0 aliphatic carbocycles. The molecule has 25 heavy (non-hydrogen) atoms. The van der Waals surface area contributed by atoms with Crippen LogP contribution in [0.3, 0.4) is 0 Å². The Hall–Kier alpha value is -2.64. The highest BCUT2D eigenvalue weighted by Crippen LogP contribution is 2.22. The second-order valence-corrected chi connectivity index (χ2v) is 7.23. The Morgan fingerprint density at radius 2 is 2.16 bits per heavy atom. The van der Waals surface area contributed by atoms with Crippen LogP contribution in [0.15, 0.2) is 18.5 Å². The van der Waals surface area contributed by atoms with Gasteiger partial charge in [-0.25, -0.2) is 19.7 Å². The van der Waals surface area contributed by atoms with Crippen molar-refractivity contribution in [3.8, 4) is 0 Å². The highest BCUT2D eigenvalue weighted by molar-refractivity contribution is 5.84. The lowest BCUT2D eigenvalue weighted by Crippen LogP contribution is -2.49. The minimum Gasteiger partial charge on any atom is -0.444 e. The monoisotopic (exact) mass is 344 g/mol. The van der Waals surface area contributed by atoms with Crippen LogP contribution in [0.2, 0.25) is 0 Å². The number of hydrogen-bond donors (Lipinski definition) is 2. The van der Waals surface area contributed by atoms with Crippen molar-refractivity contribution >= 4 is 28.8 Å². The number of rotatable bonds is 2. The highest BCUT2D eigenvalue weighted by Gasteiger charge is 2.25. The van der Waals surface area contributed by atoms with Crippen molar-refractivity contribution in [2.24, 2.45) is 0 Å². The van der Waals surface area contributed by atoms with Gasteiger partial charge in [-0.15, -0.1) is 0 Å². The van der Waals surface area contributed by atoms with E-state index in [9.17, 15) is 4.79 Å². The van der Waals surface area contributed by atoms with E-state index in [0.29, 0.717) is 17.9 Å². The van der Waals surface area contributed by atoms with Gasteiger partial charge in [0, 0.05) is 19.1 Å². The molecule has 0 aromatic carbocycles. The third kappa shape index (κ3) is 4.26. The minimum absolute atomic E-state index is 0.0190. The van der Waals surface area contributed by atoms with Crippen molar-refractivity contribution in [1.29, 1.82) is 0 Å². The zero-order valence-corrected chi connectivity index (χ0v) is 14.8. The van der Waals surface area contributed by atoms with Crippen molar-refractivity contribution in [2.75, 3.05) is 23.7 Å². The first-order valence-electron chi connectivity index (χ1n) is 8.43. The Morgan fingerprint density at radius 3 is 2.92 bits per heavy atom. The predicted molar refractivity (Wildman–Crippen MR) is 96.4 cm³/mol. The van der Waals surface area contributed by atoms with Crippen molar-refractivity contribution in [3.05, 3.63) is 18.5 Å². The number of nitrogens with zero attached hydrogens (tertiary/aromatic N) is 4. The average Bonchev–Trinajstić information content (AvgIpc) is 2.53. The zero-order chi connectivity index (χ0) is 18.0. The van der Waals surface area contributed by atoms with Crippen LogP contribution in [-0.2, 0) is 4.74 Å². The molecule has 1 aliphatic rings. The summed E-state index contributed by atoms with van der Waals surface area (Å²) in [4.78, 5) is 26.9. The summed E-state index contributed by atoms with van der Waals surface area (Å²) in [6, 6.07) is 3.83. The Morgan fingerprint density at radius 1 is 1.36 bits per heavy atom. The number of carbonyl (C=O) groups excluding carboxylic acids is 1. The van der Waals surface area contributed by atoms with Crippen LogP contribution in [-0.4, -0.2) is 45.8 Å². The Labute approximate surface area is 146 Å². The molecule has 1 fully saturated rings. The zero-order valence-electron chi connectivity index (χ0n) is 14.8. The molecule has 1 amide bonds. The summed E-state index contributed by atoms with van der Waals surface area (Å²) in [6.45, 7) is 7.10. The van der Waals surface area contributed by atoms with Crippen LogP contribution < -0.4 is 16.0 Å². The number of amides is 1. The number of piperidine rings is 1. The van der Waals surface area contributed by atoms with Gasteiger partial charge in [0.15, 0.2) is 5.82 Å². The normalized spacial score (nSPS) is 18.2. The number of alkyl carbamates (subject to hydrolysis) is 1. The van der Waals surface area contributed by atoms with E-state index >= 15 is 0 Å². The fraction of sp³-hybridized carbons (Fsp3) is 0.529. The molecule has 3 rings (SSSR count). The summed E-state index contributed by atoms with van der Waals surface area (Å²) in [7, 11) is 0. The van der Waals surface area contributed by atoms with Crippen LogP contribution in [0.5, 0.6) is 0 Å². The standard InChI is InChI=1S/C17H24N6O2/c1-17(2,3)25-16(24)21-11-5-4-8-23(9-11)13-7-6-12-14(22-13)15(18)20-10-19-12/h6-7,10-11H,4-5,8-9H2,1-3H3,(H,21,24)(H2,18,19,20)/t11-/m1/s1. The van der Waals surface area contributed by atoms with E-state index in [-0.39, 0.29) is 12.1 Å². The molecule has 0 bridgehead atoms. The summed E-state index contributed by atoms with van der Waals surface area (Å²) in [5, 5.41) is 2.94. The van der Waals surface area contributed by atoms with Crippen molar-refractivity contribution < 1.29 is 9.53 Å². The van der Waals surface area contributed by atoms with E-state index in [0.717, 1.165) is 30.7 Å². The quantitative estimate of drug-likeness (QED) is 0.859. The fourth-order valence-electron chi connectivity index (χ4n) is 2.90. The molecule has 1 atom stereocenters. The molecule has 2 aromatic heterocycles. The molecule has 0 saturated carbocycles. The van der Waals surface area contributed by atoms with Crippen LogP contribution in [0.1, 0.15) is 33.6 Å². The van der Waals surface area contributed by atoms with E-state index in [4.69, 9.17) is 10.5 Å². The van der Waals surface area contributed by atoms with Gasteiger partial charge in [0.2, 0.25) is 0 Å². The van der Waals surface area contributed by atoms with Gasteiger partial charge in [-0.05, 0) is 45.7 Å². The van der Waals surface area contributed by atoms with Gasteiger partial charge < -0.3 is 20.7 Å². The minimum atomic E-state index is -0.504. The molecule has 134 valence electrons. The summed E-state index contributed by atoms with van der Waals surface area (Å²) in [6.07, 6.45) is 2.92. The van der Waals surface area contributed by atoms with Crippen molar-refractivity contribution in [3.63, 3.8) is 0 Å². The lowest BCUT2D eigenvalue weighted by Gasteiger charge is -2.34. The van der Waals surface area contributed by atoms with Crippen molar-refractivity contribution in [2.45, 2.75) is 45.3 Å². The summed E-state index contributed by atoms with van der Waals surface area (Å²) < 4.78 is 5.34. The van der Waals surface area contributed by atoms with Gasteiger partial charge in [-0.3, -0.25) is 0 Å². The second-order valence-electron chi connectivity index (χ2n) is 7.23. The molecule has 0 spiro atoms. The van der Waals surface area contributed by atoms with Crippen molar-refractivity contribution in [1.82, 2.24) is 20.3 Å². The molecule has 1 saturated heterocycles. The molecule has 2 aromatic rings. The predicted octanol–water partition coefficient (Wildman–Crippen LogP) is 2.10. The van der Waals surface area contributed by atoms with Crippen LogP contribution in [0.25, 0.3) is 11.0 Å². The number of nitrogens with two attached hydrogens (primary N) is 1. The van der Waals surface area contributed by atoms with Gasteiger partial charge in [-0.1, -0.05) is 0 Å². The number of anilines is 2. The SMILES string of the molecule is CC(C)(C)OC(=O)N[C@@H]1CCCN(c2ccc3ncnc(N)c3n2)C1. The molecule has 8 nitrogen and oxygen atoms in total. The Kier molecular flexibility index (Phi) is 4.61. The third-order valence-electron chi connectivity index (χ3n) is 3.96. The van der Waals surface area contributed by atoms with Crippen LogP contribution in [0.4, 0.5) is 16.4 Å². The Bertz CT molecular complexity index is 773. The number of nitrogen functional groups attached to an aromatic ring is 1. The van der Waals surface area contributed by atoms with E-state index in [2.05, 4.69) is 25.2 Å². The van der Waals surface area contributed by atoms with Crippen LogP contribution in [0, 0.1) is 0 Å². The molecule has 1 aliphatic heterocycles. The molecule has 3 heterocycles. The third-order valence-corrected chi connectivity index (χ3v) is 3.96. The Balaban J connectivity index is 1.71. The van der Waals surface area contributed by atoms with E-state index in [1.54, 1.807) is 0 Å². The maximum absolute atomic E-state index is 12.0. The molecule has 0 radical (unpaired) electrons. The smallest absolute Gasteiger partial charge is 0.407 e. The largest absolute Gasteiger partial charge is 0.444 e. The second kappa shape index (κ2) is 6.70. The molecule has 3 N–H and O–H groups in total. The number of pyridine rings is 1. The van der Waals surface area contributed by atoms with E-state index < -0.39 is 5.60 Å². The number of carbonyl (C=O) groups is 1. The average molecular weight is 344 g/mol. The first-order valence-corrected chi connectivity index (χ1v) is 8.43. The maximum Gasteiger partial charge on any atom is 0.407 e. The molecular formula is C17H24N6O2. The van der Waals surface area contributed by atoms with Gasteiger partial charge in [0.1, 0.15) is 23.3 Å². The maximum atomic E-state index is 12.0. The number of nitrogens with one attached hydrogen (secondary N) is 1. The van der Waals surface area contributed by atoms with E-state index in [1.807, 2.05) is 32.9 Å². The number of aromatic nitrogens is 3. The summed E-state index contributed by atoms with van der Waals surface area (Å²) >= 11 is 0. The first-order chi connectivity index (χ1) is 11.8. The van der Waals surface area contributed by atoms with Gasteiger partial charge in [0.25, 0.3) is 0 Å². The number of fused-ring (bicyclic) bond motifs is 1. The first kappa shape index (κ1) is 17.2. The number of hydrogen-bond acceptors (Lipinski definition) is 7. The molecule has 0 unspecified atom stereocenters. The lowest BCUT2D eigenvalue weighted by atomic mass is 10.1. The van der Waals surface area contributed by atoms with Gasteiger partial charge in [-0.2, -0.15) is 0 Å².